The van der Waals surface area contributed by atoms with E-state index in [9.17, 15) is 4.79 Å². The van der Waals surface area contributed by atoms with Crippen LogP contribution < -0.4 is 5.32 Å². The van der Waals surface area contributed by atoms with Crippen LogP contribution in [0.2, 0.25) is 5.02 Å². The summed E-state index contributed by atoms with van der Waals surface area (Å²) < 4.78 is 0. The van der Waals surface area contributed by atoms with Crippen LogP contribution in [0.1, 0.15) is 27.2 Å². The Hall–Kier alpha value is -2.92. The normalized spacial score (nSPS) is 13.1. The number of nitrogens with zero attached hydrogens (tertiary/aromatic N) is 3. The Morgan fingerprint density at radius 3 is 2.68 bits per heavy atom. The summed E-state index contributed by atoms with van der Waals surface area (Å²) in [5.74, 6) is 0.412. The van der Waals surface area contributed by atoms with E-state index in [4.69, 9.17) is 11.6 Å². The van der Waals surface area contributed by atoms with Gasteiger partial charge in [-0.3, -0.25) is 4.79 Å². The van der Waals surface area contributed by atoms with E-state index in [1.807, 2.05) is 41.3 Å². The van der Waals surface area contributed by atoms with Crippen molar-refractivity contribution in [3.63, 3.8) is 0 Å². The van der Waals surface area contributed by atoms with Gasteiger partial charge < -0.3 is 10.2 Å². The van der Waals surface area contributed by atoms with E-state index in [-0.39, 0.29) is 5.91 Å². The van der Waals surface area contributed by atoms with Crippen LogP contribution in [-0.2, 0) is 19.4 Å². The van der Waals surface area contributed by atoms with Crippen molar-refractivity contribution in [1.82, 2.24) is 14.9 Å². The molecule has 2 aromatic carbocycles. The average Bonchev–Trinajstić information content (AvgIpc) is 2.74. The minimum atomic E-state index is -0.0577. The molecule has 0 saturated carbocycles. The summed E-state index contributed by atoms with van der Waals surface area (Å²) in [6.07, 6.45) is 3.32. The molecule has 0 aliphatic carbocycles. The zero-order valence-electron chi connectivity index (χ0n) is 15.4. The Morgan fingerprint density at radius 1 is 1.07 bits per heavy atom. The van der Waals surface area contributed by atoms with Crippen LogP contribution in [0.15, 0.2) is 60.8 Å². The highest BCUT2D eigenvalue weighted by Gasteiger charge is 2.22. The van der Waals surface area contributed by atoms with Gasteiger partial charge in [0.2, 0.25) is 5.95 Å². The molecule has 1 amide bonds. The maximum absolute atomic E-state index is 12.9. The van der Waals surface area contributed by atoms with E-state index in [1.165, 1.54) is 16.7 Å². The number of rotatable bonds is 5. The molecule has 0 bridgehead atoms. The summed E-state index contributed by atoms with van der Waals surface area (Å²) >= 11 is 5.91. The smallest absolute Gasteiger partial charge is 0.272 e. The second-order valence-electron chi connectivity index (χ2n) is 6.81. The number of carbonyl (C=O) groups is 1. The van der Waals surface area contributed by atoms with E-state index in [0.717, 1.165) is 17.9 Å². The molecule has 1 aliphatic heterocycles. The molecule has 0 saturated heterocycles. The highest BCUT2D eigenvalue weighted by atomic mass is 35.5. The predicted molar refractivity (Wildman–Crippen MR) is 111 cm³/mol. The quantitative estimate of drug-likeness (QED) is 0.713. The summed E-state index contributed by atoms with van der Waals surface area (Å²) in [5.41, 5.74) is 4.12. The van der Waals surface area contributed by atoms with Crippen LogP contribution in [0.4, 0.5) is 5.95 Å². The second-order valence-corrected chi connectivity index (χ2v) is 7.25. The van der Waals surface area contributed by atoms with Gasteiger partial charge in [-0.2, -0.15) is 0 Å². The number of halogens is 1. The molecule has 0 unspecified atom stereocenters. The third kappa shape index (κ3) is 4.31. The van der Waals surface area contributed by atoms with Crippen molar-refractivity contribution in [2.24, 2.45) is 0 Å². The fraction of sp³-hybridized carbons (Fsp3) is 0.227. The minimum absolute atomic E-state index is 0.0577. The van der Waals surface area contributed by atoms with Crippen molar-refractivity contribution in [2.45, 2.75) is 19.4 Å². The van der Waals surface area contributed by atoms with Crippen LogP contribution in [0.25, 0.3) is 0 Å². The SMILES string of the molecule is O=C(c1ccnc(NCCc2ccc(Cl)cc2)n1)N1CCc2ccccc2C1. The molecular formula is C22H21ClN4O. The Labute approximate surface area is 169 Å². The van der Waals surface area contributed by atoms with E-state index >= 15 is 0 Å². The number of benzene rings is 2. The van der Waals surface area contributed by atoms with Crippen molar-refractivity contribution in [3.05, 3.63) is 88.2 Å². The first-order chi connectivity index (χ1) is 13.7. The monoisotopic (exact) mass is 392 g/mol. The van der Waals surface area contributed by atoms with Gasteiger partial charge >= 0.3 is 0 Å². The number of hydrogen-bond acceptors (Lipinski definition) is 4. The number of anilines is 1. The molecule has 28 heavy (non-hydrogen) atoms. The standard InChI is InChI=1S/C22H21ClN4O/c23-19-7-5-16(6-8-19)9-12-24-22-25-13-10-20(26-22)21(28)27-14-11-17-3-1-2-4-18(17)15-27/h1-8,10,13H,9,11-12,14-15H2,(H,24,25,26). The van der Waals surface area contributed by atoms with Gasteiger partial charge in [0, 0.05) is 30.9 Å². The number of hydrogen-bond donors (Lipinski definition) is 1. The van der Waals surface area contributed by atoms with Crippen molar-refractivity contribution < 1.29 is 4.79 Å². The highest BCUT2D eigenvalue weighted by molar-refractivity contribution is 6.30. The van der Waals surface area contributed by atoms with Gasteiger partial charge in [0.1, 0.15) is 5.69 Å². The van der Waals surface area contributed by atoms with Gasteiger partial charge in [-0.25, -0.2) is 9.97 Å². The largest absolute Gasteiger partial charge is 0.354 e. The molecule has 0 spiro atoms. The molecular weight excluding hydrogens is 372 g/mol. The number of aromatic nitrogens is 2. The van der Waals surface area contributed by atoms with Gasteiger partial charge in [-0.15, -0.1) is 0 Å². The summed E-state index contributed by atoms with van der Waals surface area (Å²) in [4.78, 5) is 23.4. The van der Waals surface area contributed by atoms with Gasteiger partial charge in [-0.1, -0.05) is 48.0 Å². The summed E-state index contributed by atoms with van der Waals surface area (Å²) in [5, 5.41) is 3.92. The molecule has 4 rings (SSSR count). The number of fused-ring (bicyclic) bond motifs is 1. The molecule has 6 heteroatoms. The van der Waals surface area contributed by atoms with Crippen molar-refractivity contribution in [2.75, 3.05) is 18.4 Å². The Morgan fingerprint density at radius 2 is 1.86 bits per heavy atom. The summed E-state index contributed by atoms with van der Waals surface area (Å²) in [6, 6.07) is 17.7. The first kappa shape index (κ1) is 18.4. The molecule has 1 aromatic heterocycles. The minimum Gasteiger partial charge on any atom is -0.354 e. The number of amides is 1. The van der Waals surface area contributed by atoms with Crippen LogP contribution in [0.3, 0.4) is 0 Å². The molecule has 3 aromatic rings. The lowest BCUT2D eigenvalue weighted by Gasteiger charge is -2.28. The van der Waals surface area contributed by atoms with Crippen molar-refractivity contribution in [1.29, 1.82) is 0 Å². The van der Waals surface area contributed by atoms with Crippen molar-refractivity contribution in [3.8, 4) is 0 Å². The fourth-order valence-corrected chi connectivity index (χ4v) is 3.49. The van der Waals surface area contributed by atoms with Crippen LogP contribution in [0.5, 0.6) is 0 Å². The van der Waals surface area contributed by atoms with E-state index in [2.05, 4.69) is 27.4 Å². The molecule has 1 N–H and O–H groups in total. The lowest BCUT2D eigenvalue weighted by atomic mass is 10.00. The first-order valence-corrected chi connectivity index (χ1v) is 9.74. The molecule has 142 valence electrons. The lowest BCUT2D eigenvalue weighted by Crippen LogP contribution is -2.36. The van der Waals surface area contributed by atoms with Gasteiger partial charge in [-0.05, 0) is 47.7 Å². The molecule has 0 radical (unpaired) electrons. The predicted octanol–water partition coefficient (Wildman–Crippen LogP) is 3.98. The fourth-order valence-electron chi connectivity index (χ4n) is 3.36. The third-order valence-corrected chi connectivity index (χ3v) is 5.15. The summed E-state index contributed by atoms with van der Waals surface area (Å²) in [7, 11) is 0. The number of carbonyl (C=O) groups excluding carboxylic acids is 1. The van der Waals surface area contributed by atoms with Gasteiger partial charge in [0.05, 0.1) is 0 Å². The summed E-state index contributed by atoms with van der Waals surface area (Å²) in [6.45, 7) is 2.01. The Bertz CT molecular complexity index is 974. The van der Waals surface area contributed by atoms with Crippen LogP contribution >= 0.6 is 11.6 Å². The third-order valence-electron chi connectivity index (χ3n) is 4.90. The maximum atomic E-state index is 12.9. The Balaban J connectivity index is 1.38. The average molecular weight is 393 g/mol. The van der Waals surface area contributed by atoms with Crippen LogP contribution in [0, 0.1) is 0 Å². The molecule has 5 nitrogen and oxygen atoms in total. The molecule has 2 heterocycles. The highest BCUT2D eigenvalue weighted by Crippen LogP contribution is 2.20. The van der Waals surface area contributed by atoms with E-state index in [1.54, 1.807) is 12.3 Å². The van der Waals surface area contributed by atoms with Crippen LogP contribution in [-0.4, -0.2) is 33.9 Å². The maximum Gasteiger partial charge on any atom is 0.272 e. The topological polar surface area (TPSA) is 58.1 Å². The van der Waals surface area contributed by atoms with E-state index in [0.29, 0.717) is 31.3 Å². The Kier molecular flexibility index (Phi) is 5.53. The zero-order chi connectivity index (χ0) is 19.3. The van der Waals surface area contributed by atoms with Crippen molar-refractivity contribution >= 4 is 23.5 Å². The molecule has 0 atom stereocenters. The second kappa shape index (κ2) is 8.40. The van der Waals surface area contributed by atoms with Gasteiger partial charge in [0.25, 0.3) is 5.91 Å². The zero-order valence-corrected chi connectivity index (χ0v) is 16.2. The van der Waals surface area contributed by atoms with E-state index < -0.39 is 0 Å². The number of nitrogens with one attached hydrogen (secondary N) is 1. The molecule has 1 aliphatic rings. The lowest BCUT2D eigenvalue weighted by molar-refractivity contribution is 0.0728. The van der Waals surface area contributed by atoms with Gasteiger partial charge in [0.15, 0.2) is 0 Å². The molecule has 0 fully saturated rings. The first-order valence-electron chi connectivity index (χ1n) is 9.36.